The standard InChI is InChI=1S/C14H16BrN3O2S/c1-2-10-4-3-7-17-14(10)9-18-21(19,20)11-5-6-12(15)13(16)8-11/h3-8,18H,2,9,16H2,1H3. The van der Waals surface area contributed by atoms with Gasteiger partial charge in [-0.2, -0.15) is 0 Å². The lowest BCUT2D eigenvalue weighted by molar-refractivity contribution is 0.580. The molecule has 0 saturated carbocycles. The lowest BCUT2D eigenvalue weighted by atomic mass is 10.1. The molecule has 1 aromatic heterocycles. The van der Waals surface area contributed by atoms with Crippen LogP contribution < -0.4 is 10.5 Å². The molecule has 0 spiro atoms. The molecule has 3 N–H and O–H groups in total. The average molecular weight is 370 g/mol. The van der Waals surface area contributed by atoms with Gasteiger partial charge in [0.15, 0.2) is 0 Å². The number of halogens is 1. The molecular formula is C14H16BrN3O2S. The quantitative estimate of drug-likeness (QED) is 0.792. The average Bonchev–Trinajstić information content (AvgIpc) is 2.48. The zero-order valence-corrected chi connectivity index (χ0v) is 13.9. The van der Waals surface area contributed by atoms with Crippen LogP contribution in [0.3, 0.4) is 0 Å². The van der Waals surface area contributed by atoms with Gasteiger partial charge < -0.3 is 5.73 Å². The van der Waals surface area contributed by atoms with E-state index in [1.807, 2.05) is 19.1 Å². The first-order chi connectivity index (χ1) is 9.94. The van der Waals surface area contributed by atoms with Crippen LogP contribution in [0.2, 0.25) is 0 Å². The van der Waals surface area contributed by atoms with E-state index in [4.69, 9.17) is 5.73 Å². The van der Waals surface area contributed by atoms with Crippen molar-refractivity contribution in [2.45, 2.75) is 24.8 Å². The highest BCUT2D eigenvalue weighted by atomic mass is 79.9. The van der Waals surface area contributed by atoms with Crippen molar-refractivity contribution in [3.05, 3.63) is 52.3 Å². The van der Waals surface area contributed by atoms with E-state index in [-0.39, 0.29) is 11.4 Å². The third-order valence-electron chi connectivity index (χ3n) is 3.07. The van der Waals surface area contributed by atoms with Crippen LogP contribution in [-0.2, 0) is 23.0 Å². The monoisotopic (exact) mass is 369 g/mol. The Morgan fingerprint density at radius 3 is 2.76 bits per heavy atom. The van der Waals surface area contributed by atoms with Crippen LogP contribution in [0.4, 0.5) is 5.69 Å². The number of hydrogen-bond donors (Lipinski definition) is 2. The van der Waals surface area contributed by atoms with Gasteiger partial charge in [0.05, 0.1) is 17.1 Å². The van der Waals surface area contributed by atoms with Crippen molar-refractivity contribution in [1.29, 1.82) is 0 Å². The van der Waals surface area contributed by atoms with Crippen molar-refractivity contribution in [2.24, 2.45) is 0 Å². The Hall–Kier alpha value is -1.44. The highest BCUT2D eigenvalue weighted by Gasteiger charge is 2.15. The number of pyridine rings is 1. The van der Waals surface area contributed by atoms with Crippen molar-refractivity contribution < 1.29 is 8.42 Å². The molecule has 0 atom stereocenters. The van der Waals surface area contributed by atoms with Gasteiger partial charge in [-0.3, -0.25) is 4.98 Å². The van der Waals surface area contributed by atoms with Crippen molar-refractivity contribution in [3.8, 4) is 0 Å². The first-order valence-corrected chi connectivity index (χ1v) is 8.69. The van der Waals surface area contributed by atoms with E-state index >= 15 is 0 Å². The molecule has 2 rings (SSSR count). The van der Waals surface area contributed by atoms with Crippen LogP contribution in [0.1, 0.15) is 18.2 Å². The molecule has 0 aliphatic carbocycles. The third kappa shape index (κ3) is 3.81. The molecule has 21 heavy (non-hydrogen) atoms. The molecule has 0 amide bonds. The zero-order chi connectivity index (χ0) is 15.5. The Kier molecular flexibility index (Phi) is 4.97. The van der Waals surface area contributed by atoms with Crippen LogP contribution >= 0.6 is 15.9 Å². The summed E-state index contributed by atoms with van der Waals surface area (Å²) in [5, 5.41) is 0. The van der Waals surface area contributed by atoms with E-state index in [0.717, 1.165) is 17.7 Å². The van der Waals surface area contributed by atoms with Gasteiger partial charge in [-0.05, 0) is 52.2 Å². The summed E-state index contributed by atoms with van der Waals surface area (Å²) in [6, 6.07) is 8.32. The highest BCUT2D eigenvalue weighted by molar-refractivity contribution is 9.10. The Morgan fingerprint density at radius 1 is 1.33 bits per heavy atom. The third-order valence-corrected chi connectivity index (χ3v) is 5.19. The van der Waals surface area contributed by atoms with Crippen LogP contribution in [0, 0.1) is 0 Å². The summed E-state index contributed by atoms with van der Waals surface area (Å²) in [6.07, 6.45) is 2.45. The predicted molar refractivity (Wildman–Crippen MR) is 86.2 cm³/mol. The van der Waals surface area contributed by atoms with Gasteiger partial charge in [0.25, 0.3) is 0 Å². The topological polar surface area (TPSA) is 85.1 Å². The SMILES string of the molecule is CCc1cccnc1CNS(=O)(=O)c1ccc(Br)c(N)c1. The Labute approximate surface area is 132 Å². The minimum atomic E-state index is -3.61. The van der Waals surface area contributed by atoms with Crippen LogP contribution in [0.5, 0.6) is 0 Å². The van der Waals surface area contributed by atoms with Gasteiger partial charge in [0, 0.05) is 16.4 Å². The fourth-order valence-corrected chi connectivity index (χ4v) is 3.16. The van der Waals surface area contributed by atoms with E-state index in [1.54, 1.807) is 12.3 Å². The number of nitrogens with zero attached hydrogens (tertiary/aromatic N) is 1. The number of aromatic nitrogens is 1. The summed E-state index contributed by atoms with van der Waals surface area (Å²) in [6.45, 7) is 2.16. The maximum Gasteiger partial charge on any atom is 0.240 e. The van der Waals surface area contributed by atoms with Gasteiger partial charge >= 0.3 is 0 Å². The summed E-state index contributed by atoms with van der Waals surface area (Å²) in [5.41, 5.74) is 7.85. The molecule has 0 unspecified atom stereocenters. The fraction of sp³-hybridized carbons (Fsp3) is 0.214. The number of nitrogens with two attached hydrogens (primary N) is 1. The molecule has 0 radical (unpaired) electrons. The second kappa shape index (κ2) is 6.55. The summed E-state index contributed by atoms with van der Waals surface area (Å²) < 4.78 is 27.7. The molecule has 0 saturated heterocycles. The molecule has 0 fully saturated rings. The second-order valence-corrected chi connectivity index (χ2v) is 7.09. The van der Waals surface area contributed by atoms with Gasteiger partial charge in [-0.15, -0.1) is 0 Å². The van der Waals surface area contributed by atoms with Crippen molar-refractivity contribution in [3.63, 3.8) is 0 Å². The molecule has 1 heterocycles. The lowest BCUT2D eigenvalue weighted by Gasteiger charge is -2.10. The summed E-state index contributed by atoms with van der Waals surface area (Å²) in [5.74, 6) is 0. The Balaban J connectivity index is 2.20. The summed E-state index contributed by atoms with van der Waals surface area (Å²) in [4.78, 5) is 4.36. The number of sulfonamides is 1. The molecule has 112 valence electrons. The van der Waals surface area contributed by atoms with Gasteiger partial charge in [-0.25, -0.2) is 13.1 Å². The molecule has 1 aromatic carbocycles. The molecule has 0 aliphatic heterocycles. The maximum absolute atomic E-state index is 12.3. The number of nitrogen functional groups attached to an aromatic ring is 1. The molecule has 0 bridgehead atoms. The van der Waals surface area contributed by atoms with E-state index in [2.05, 4.69) is 25.6 Å². The van der Waals surface area contributed by atoms with Crippen LogP contribution in [0.15, 0.2) is 45.9 Å². The van der Waals surface area contributed by atoms with Crippen molar-refractivity contribution >= 4 is 31.6 Å². The van der Waals surface area contributed by atoms with Crippen molar-refractivity contribution in [2.75, 3.05) is 5.73 Å². The minimum absolute atomic E-state index is 0.136. The number of anilines is 1. The Bertz CT molecular complexity index is 748. The molecule has 7 heteroatoms. The van der Waals surface area contributed by atoms with E-state index in [0.29, 0.717) is 10.2 Å². The Morgan fingerprint density at radius 2 is 2.10 bits per heavy atom. The highest BCUT2D eigenvalue weighted by Crippen LogP contribution is 2.22. The van der Waals surface area contributed by atoms with E-state index in [9.17, 15) is 8.42 Å². The summed E-state index contributed by atoms with van der Waals surface area (Å²) in [7, 11) is -3.61. The first kappa shape index (κ1) is 15.9. The minimum Gasteiger partial charge on any atom is -0.398 e. The number of rotatable bonds is 5. The maximum atomic E-state index is 12.3. The smallest absolute Gasteiger partial charge is 0.240 e. The number of aryl methyl sites for hydroxylation is 1. The normalized spacial score (nSPS) is 11.5. The predicted octanol–water partition coefficient (Wildman–Crippen LogP) is 2.47. The van der Waals surface area contributed by atoms with Crippen molar-refractivity contribution in [1.82, 2.24) is 9.71 Å². The zero-order valence-electron chi connectivity index (χ0n) is 11.5. The molecule has 0 aliphatic rings. The molecule has 2 aromatic rings. The van der Waals surface area contributed by atoms with E-state index in [1.165, 1.54) is 12.1 Å². The number of benzene rings is 1. The molecule has 5 nitrogen and oxygen atoms in total. The largest absolute Gasteiger partial charge is 0.398 e. The van der Waals surface area contributed by atoms with Gasteiger partial charge in [0.1, 0.15) is 0 Å². The van der Waals surface area contributed by atoms with E-state index < -0.39 is 10.0 Å². The van der Waals surface area contributed by atoms with Gasteiger partial charge in [-0.1, -0.05) is 13.0 Å². The fourth-order valence-electron chi connectivity index (χ4n) is 1.89. The van der Waals surface area contributed by atoms with Crippen LogP contribution in [-0.4, -0.2) is 13.4 Å². The molecular weight excluding hydrogens is 354 g/mol. The summed E-state index contributed by atoms with van der Waals surface area (Å²) >= 11 is 3.24. The van der Waals surface area contributed by atoms with Crippen LogP contribution in [0.25, 0.3) is 0 Å². The number of hydrogen-bond acceptors (Lipinski definition) is 4. The van der Waals surface area contributed by atoms with Gasteiger partial charge in [0.2, 0.25) is 10.0 Å². The second-order valence-electron chi connectivity index (χ2n) is 4.47. The lowest BCUT2D eigenvalue weighted by Crippen LogP contribution is -2.24. The number of nitrogens with one attached hydrogen (secondary N) is 1. The first-order valence-electron chi connectivity index (χ1n) is 6.41.